The van der Waals surface area contributed by atoms with Crippen LogP contribution in [0.15, 0.2) is 24.3 Å². The van der Waals surface area contributed by atoms with Crippen LogP contribution >= 0.6 is 0 Å². The van der Waals surface area contributed by atoms with Crippen LogP contribution in [0.2, 0.25) is 0 Å². The molecule has 2 rings (SSSR count). The topological polar surface area (TPSA) is 15.3 Å². The first-order chi connectivity index (χ1) is 8.20. The molecule has 0 amide bonds. The van der Waals surface area contributed by atoms with E-state index in [0.717, 1.165) is 18.4 Å². The Morgan fingerprint density at radius 2 is 2.00 bits per heavy atom. The van der Waals surface area contributed by atoms with Crippen LogP contribution in [0.4, 0.5) is 5.69 Å². The smallest absolute Gasteiger partial charge is 0.0366 e. The van der Waals surface area contributed by atoms with Crippen molar-refractivity contribution in [2.45, 2.75) is 26.8 Å². The van der Waals surface area contributed by atoms with E-state index in [0.29, 0.717) is 0 Å². The third-order valence-corrected chi connectivity index (χ3v) is 3.85. The number of hydrogen-bond acceptors (Lipinski definition) is 2. The summed E-state index contributed by atoms with van der Waals surface area (Å²) in [5.74, 6) is 1.68. The van der Waals surface area contributed by atoms with Crippen molar-refractivity contribution in [3.05, 3.63) is 29.8 Å². The lowest BCUT2D eigenvalue weighted by atomic mass is 9.95. The van der Waals surface area contributed by atoms with Gasteiger partial charge in [0, 0.05) is 25.3 Å². The maximum absolute atomic E-state index is 3.18. The van der Waals surface area contributed by atoms with E-state index in [-0.39, 0.29) is 0 Å². The highest BCUT2D eigenvalue weighted by Gasteiger charge is 2.24. The number of rotatable bonds is 4. The van der Waals surface area contributed by atoms with E-state index in [4.69, 9.17) is 0 Å². The highest BCUT2D eigenvalue weighted by Crippen LogP contribution is 2.28. The molecular weight excluding hydrogens is 208 g/mol. The van der Waals surface area contributed by atoms with Crippen LogP contribution in [0, 0.1) is 11.8 Å². The third kappa shape index (κ3) is 3.01. The Morgan fingerprint density at radius 3 is 2.53 bits per heavy atom. The van der Waals surface area contributed by atoms with Gasteiger partial charge in [-0.3, -0.25) is 0 Å². The van der Waals surface area contributed by atoms with E-state index in [2.05, 4.69) is 48.3 Å². The third-order valence-electron chi connectivity index (χ3n) is 3.85. The number of nitrogens with zero attached hydrogens (tertiary/aromatic N) is 1. The van der Waals surface area contributed by atoms with E-state index in [1.54, 1.807) is 0 Å². The molecule has 1 heterocycles. The van der Waals surface area contributed by atoms with Gasteiger partial charge in [0.1, 0.15) is 0 Å². The molecule has 0 radical (unpaired) electrons. The molecule has 0 saturated carbocycles. The van der Waals surface area contributed by atoms with Crippen molar-refractivity contribution in [3.8, 4) is 0 Å². The van der Waals surface area contributed by atoms with E-state index in [1.165, 1.54) is 30.8 Å². The van der Waals surface area contributed by atoms with Gasteiger partial charge in [-0.2, -0.15) is 0 Å². The number of benzene rings is 1. The van der Waals surface area contributed by atoms with Gasteiger partial charge in [-0.1, -0.05) is 26.0 Å². The highest BCUT2D eigenvalue weighted by molar-refractivity contribution is 5.48. The Labute approximate surface area is 105 Å². The summed E-state index contributed by atoms with van der Waals surface area (Å²) >= 11 is 0. The summed E-state index contributed by atoms with van der Waals surface area (Å²) in [6, 6.07) is 8.98. The second-order valence-electron chi connectivity index (χ2n) is 5.44. The number of anilines is 1. The number of nitrogens with one attached hydrogen (secondary N) is 1. The summed E-state index contributed by atoms with van der Waals surface area (Å²) < 4.78 is 0. The summed E-state index contributed by atoms with van der Waals surface area (Å²) in [4.78, 5) is 2.52. The average Bonchev–Trinajstić information content (AvgIpc) is 2.80. The van der Waals surface area contributed by atoms with Gasteiger partial charge in [-0.15, -0.1) is 0 Å². The monoisotopic (exact) mass is 232 g/mol. The molecule has 17 heavy (non-hydrogen) atoms. The summed E-state index contributed by atoms with van der Waals surface area (Å²) in [7, 11) is 1.99. The van der Waals surface area contributed by atoms with E-state index in [9.17, 15) is 0 Å². The largest absolute Gasteiger partial charge is 0.371 e. The van der Waals surface area contributed by atoms with E-state index >= 15 is 0 Å². The molecule has 1 aromatic carbocycles. The van der Waals surface area contributed by atoms with Gasteiger partial charge in [0.25, 0.3) is 0 Å². The van der Waals surface area contributed by atoms with Gasteiger partial charge in [0.2, 0.25) is 0 Å². The van der Waals surface area contributed by atoms with Crippen LogP contribution in [0.1, 0.15) is 25.8 Å². The fraction of sp³-hybridized carbons (Fsp3) is 0.600. The van der Waals surface area contributed by atoms with Gasteiger partial charge < -0.3 is 10.2 Å². The molecule has 1 aliphatic rings. The molecule has 0 aromatic heterocycles. The lowest BCUT2D eigenvalue weighted by Crippen LogP contribution is -2.21. The number of hydrogen-bond donors (Lipinski definition) is 1. The quantitative estimate of drug-likeness (QED) is 0.858. The van der Waals surface area contributed by atoms with Crippen LogP contribution in [-0.2, 0) is 6.54 Å². The van der Waals surface area contributed by atoms with Crippen molar-refractivity contribution in [2.75, 3.05) is 25.0 Å². The summed E-state index contributed by atoms with van der Waals surface area (Å²) in [6.45, 7) is 8.07. The molecule has 1 aromatic rings. The summed E-state index contributed by atoms with van der Waals surface area (Å²) in [6.07, 6.45) is 1.34. The predicted molar refractivity (Wildman–Crippen MR) is 74.4 cm³/mol. The van der Waals surface area contributed by atoms with Crippen molar-refractivity contribution >= 4 is 5.69 Å². The second-order valence-corrected chi connectivity index (χ2v) is 5.44. The molecule has 1 N–H and O–H groups in total. The molecule has 1 unspecified atom stereocenters. The molecule has 2 nitrogen and oxygen atoms in total. The van der Waals surface area contributed by atoms with Gasteiger partial charge in [0.05, 0.1) is 0 Å². The van der Waals surface area contributed by atoms with Gasteiger partial charge in [-0.05, 0) is 43.0 Å². The zero-order valence-corrected chi connectivity index (χ0v) is 11.2. The van der Waals surface area contributed by atoms with Crippen molar-refractivity contribution in [2.24, 2.45) is 11.8 Å². The van der Waals surface area contributed by atoms with Crippen LogP contribution < -0.4 is 10.2 Å². The molecule has 1 fully saturated rings. The second kappa shape index (κ2) is 5.54. The SMILES string of the molecule is CNCc1ccc(N2CCC(C(C)C)C2)cc1. The standard InChI is InChI=1S/C15H24N2/c1-12(2)14-8-9-17(11-14)15-6-4-13(5-7-15)10-16-3/h4-7,12,14,16H,8-11H2,1-3H3. The molecule has 1 atom stereocenters. The van der Waals surface area contributed by atoms with Gasteiger partial charge in [0.15, 0.2) is 0 Å². The zero-order valence-electron chi connectivity index (χ0n) is 11.2. The van der Waals surface area contributed by atoms with Crippen LogP contribution in [0.25, 0.3) is 0 Å². The first-order valence-corrected chi connectivity index (χ1v) is 6.69. The fourth-order valence-corrected chi connectivity index (χ4v) is 2.59. The first kappa shape index (κ1) is 12.4. The minimum Gasteiger partial charge on any atom is -0.371 e. The molecule has 94 valence electrons. The minimum absolute atomic E-state index is 0.809. The van der Waals surface area contributed by atoms with Crippen LogP contribution in [0.3, 0.4) is 0 Å². The Morgan fingerprint density at radius 1 is 1.29 bits per heavy atom. The lowest BCUT2D eigenvalue weighted by Gasteiger charge is -2.20. The Hall–Kier alpha value is -1.02. The van der Waals surface area contributed by atoms with Crippen molar-refractivity contribution in [1.29, 1.82) is 0 Å². The van der Waals surface area contributed by atoms with E-state index in [1.807, 2.05) is 7.05 Å². The molecule has 2 heteroatoms. The van der Waals surface area contributed by atoms with Crippen LogP contribution in [0.5, 0.6) is 0 Å². The summed E-state index contributed by atoms with van der Waals surface area (Å²) in [5.41, 5.74) is 2.74. The Bertz CT molecular complexity index is 342. The van der Waals surface area contributed by atoms with Crippen molar-refractivity contribution in [3.63, 3.8) is 0 Å². The Kier molecular flexibility index (Phi) is 4.06. The fourth-order valence-electron chi connectivity index (χ4n) is 2.59. The van der Waals surface area contributed by atoms with Crippen molar-refractivity contribution < 1.29 is 0 Å². The molecule has 0 spiro atoms. The zero-order chi connectivity index (χ0) is 12.3. The molecule has 1 aliphatic heterocycles. The molecule has 1 saturated heterocycles. The first-order valence-electron chi connectivity index (χ1n) is 6.69. The molecular formula is C15H24N2. The van der Waals surface area contributed by atoms with Crippen molar-refractivity contribution in [1.82, 2.24) is 5.32 Å². The maximum Gasteiger partial charge on any atom is 0.0366 e. The van der Waals surface area contributed by atoms with Gasteiger partial charge >= 0.3 is 0 Å². The minimum atomic E-state index is 0.809. The molecule has 0 bridgehead atoms. The highest BCUT2D eigenvalue weighted by atomic mass is 15.1. The normalized spacial score (nSPS) is 20.2. The van der Waals surface area contributed by atoms with Crippen LogP contribution in [-0.4, -0.2) is 20.1 Å². The Balaban J connectivity index is 1.99. The van der Waals surface area contributed by atoms with Gasteiger partial charge in [-0.25, -0.2) is 0 Å². The predicted octanol–water partition coefficient (Wildman–Crippen LogP) is 2.89. The average molecular weight is 232 g/mol. The lowest BCUT2D eigenvalue weighted by molar-refractivity contribution is 0.423. The maximum atomic E-state index is 3.18. The summed E-state index contributed by atoms with van der Waals surface area (Å²) in [5, 5.41) is 3.18. The van der Waals surface area contributed by atoms with E-state index < -0.39 is 0 Å². The molecule has 0 aliphatic carbocycles.